The van der Waals surface area contributed by atoms with E-state index in [1.807, 2.05) is 0 Å². The Bertz CT molecular complexity index is 537. The van der Waals surface area contributed by atoms with Crippen LogP contribution in [0.4, 0.5) is 0 Å². The summed E-state index contributed by atoms with van der Waals surface area (Å²) < 4.78 is 0. The van der Waals surface area contributed by atoms with Crippen LogP contribution in [0, 0.1) is 0 Å². The summed E-state index contributed by atoms with van der Waals surface area (Å²) >= 11 is 0. The van der Waals surface area contributed by atoms with Gasteiger partial charge in [-0.05, 0) is 17.7 Å². The highest BCUT2D eigenvalue weighted by Crippen LogP contribution is 2.24. The minimum atomic E-state index is -1.09. The quantitative estimate of drug-likeness (QED) is 0.823. The van der Waals surface area contributed by atoms with E-state index in [1.165, 1.54) is 17.0 Å². The number of carbonyl (C=O) groups is 3. The van der Waals surface area contributed by atoms with E-state index >= 15 is 0 Å². The summed E-state index contributed by atoms with van der Waals surface area (Å²) in [5.41, 5.74) is 1.14. The molecule has 94 valence electrons. The molecule has 1 aliphatic heterocycles. The first-order valence-electron chi connectivity index (χ1n) is 5.36. The minimum Gasteiger partial charge on any atom is -0.481 e. The molecule has 1 amide bonds. The van der Waals surface area contributed by atoms with Crippen molar-refractivity contribution in [3.8, 4) is 0 Å². The topological polar surface area (TPSA) is 94.9 Å². The van der Waals surface area contributed by atoms with E-state index in [4.69, 9.17) is 10.2 Å². The van der Waals surface area contributed by atoms with Crippen molar-refractivity contribution >= 4 is 17.8 Å². The highest BCUT2D eigenvalue weighted by atomic mass is 16.4. The zero-order valence-electron chi connectivity index (χ0n) is 9.42. The lowest BCUT2D eigenvalue weighted by Gasteiger charge is -2.13. The largest absolute Gasteiger partial charge is 0.481 e. The number of nitrogens with zero attached hydrogens (tertiary/aromatic N) is 1. The second kappa shape index (κ2) is 4.48. The molecule has 1 aliphatic rings. The number of hydrogen-bond donors (Lipinski definition) is 2. The molecular weight excluding hydrogens is 238 g/mol. The standard InChI is InChI=1S/C12H11NO5/c14-10(15)3-4-13-6-8-2-1-7(12(17)18)5-9(8)11(13)16/h1-2,5H,3-4,6H2,(H,14,15)(H,17,18). The fourth-order valence-corrected chi connectivity index (χ4v) is 1.91. The first kappa shape index (κ1) is 12.1. The Labute approximate surface area is 102 Å². The zero-order chi connectivity index (χ0) is 13.3. The first-order chi connectivity index (χ1) is 8.49. The number of carboxylic acid groups (broad SMARTS) is 2. The molecule has 1 heterocycles. The van der Waals surface area contributed by atoms with Crippen LogP contribution in [0.15, 0.2) is 18.2 Å². The lowest BCUT2D eigenvalue weighted by Crippen LogP contribution is -2.26. The number of amides is 1. The number of benzene rings is 1. The van der Waals surface area contributed by atoms with Crippen molar-refractivity contribution in [2.75, 3.05) is 6.54 Å². The maximum absolute atomic E-state index is 11.9. The van der Waals surface area contributed by atoms with Gasteiger partial charge in [0.25, 0.3) is 5.91 Å². The average molecular weight is 249 g/mol. The van der Waals surface area contributed by atoms with Crippen LogP contribution in [-0.4, -0.2) is 39.5 Å². The Morgan fingerprint density at radius 1 is 1.28 bits per heavy atom. The van der Waals surface area contributed by atoms with Crippen LogP contribution < -0.4 is 0 Å². The van der Waals surface area contributed by atoms with E-state index in [-0.39, 0.29) is 24.4 Å². The number of rotatable bonds is 4. The molecule has 0 unspecified atom stereocenters. The molecule has 0 radical (unpaired) electrons. The van der Waals surface area contributed by atoms with E-state index in [9.17, 15) is 14.4 Å². The lowest BCUT2D eigenvalue weighted by molar-refractivity contribution is -0.137. The number of aromatic carboxylic acids is 1. The smallest absolute Gasteiger partial charge is 0.335 e. The molecular formula is C12H11NO5. The van der Waals surface area contributed by atoms with Crippen molar-refractivity contribution in [3.05, 3.63) is 34.9 Å². The van der Waals surface area contributed by atoms with E-state index in [0.29, 0.717) is 12.1 Å². The summed E-state index contributed by atoms with van der Waals surface area (Å²) in [5, 5.41) is 17.4. The molecule has 6 heteroatoms. The van der Waals surface area contributed by atoms with E-state index in [2.05, 4.69) is 0 Å². The molecule has 0 aliphatic carbocycles. The van der Waals surface area contributed by atoms with Gasteiger partial charge in [0.2, 0.25) is 0 Å². The van der Waals surface area contributed by atoms with E-state index in [0.717, 1.165) is 5.56 Å². The molecule has 0 atom stereocenters. The van der Waals surface area contributed by atoms with Gasteiger partial charge < -0.3 is 15.1 Å². The SMILES string of the molecule is O=C(O)CCN1Cc2ccc(C(=O)O)cc2C1=O. The summed E-state index contributed by atoms with van der Waals surface area (Å²) in [7, 11) is 0. The third kappa shape index (κ3) is 2.17. The highest BCUT2D eigenvalue weighted by Gasteiger charge is 2.28. The van der Waals surface area contributed by atoms with Gasteiger partial charge in [-0.1, -0.05) is 6.07 Å². The fraction of sp³-hybridized carbons (Fsp3) is 0.250. The Hall–Kier alpha value is -2.37. The zero-order valence-corrected chi connectivity index (χ0v) is 9.42. The second-order valence-electron chi connectivity index (χ2n) is 4.05. The minimum absolute atomic E-state index is 0.0576. The highest BCUT2D eigenvalue weighted by molar-refractivity contribution is 6.01. The van der Waals surface area contributed by atoms with Gasteiger partial charge in [-0.25, -0.2) is 4.79 Å². The van der Waals surface area contributed by atoms with Crippen molar-refractivity contribution in [1.29, 1.82) is 0 Å². The molecule has 1 aromatic carbocycles. The Morgan fingerprint density at radius 2 is 2.00 bits per heavy atom. The lowest BCUT2D eigenvalue weighted by atomic mass is 10.1. The van der Waals surface area contributed by atoms with Crippen molar-refractivity contribution in [2.24, 2.45) is 0 Å². The van der Waals surface area contributed by atoms with Crippen LogP contribution in [0.1, 0.15) is 32.7 Å². The molecule has 0 spiro atoms. The normalized spacial score (nSPS) is 13.6. The summed E-state index contributed by atoms with van der Waals surface area (Å²) in [5.74, 6) is -2.37. The van der Waals surface area contributed by atoms with Gasteiger partial charge in [0.1, 0.15) is 0 Å². The van der Waals surface area contributed by atoms with Gasteiger partial charge in [-0.2, -0.15) is 0 Å². The summed E-state index contributed by atoms with van der Waals surface area (Å²) in [4.78, 5) is 34.6. The third-order valence-corrected chi connectivity index (χ3v) is 2.83. The predicted molar refractivity (Wildman–Crippen MR) is 60.4 cm³/mol. The van der Waals surface area contributed by atoms with Crippen LogP contribution in [0.5, 0.6) is 0 Å². The Kier molecular flexibility index (Phi) is 3.01. The molecule has 18 heavy (non-hydrogen) atoms. The number of fused-ring (bicyclic) bond motifs is 1. The maximum atomic E-state index is 11.9. The van der Waals surface area contributed by atoms with Crippen molar-refractivity contribution in [3.63, 3.8) is 0 Å². The maximum Gasteiger partial charge on any atom is 0.335 e. The van der Waals surface area contributed by atoms with Crippen molar-refractivity contribution < 1.29 is 24.6 Å². The predicted octanol–water partition coefficient (Wildman–Crippen LogP) is 0.815. The average Bonchev–Trinajstić information content (AvgIpc) is 2.63. The van der Waals surface area contributed by atoms with Crippen LogP contribution in [-0.2, 0) is 11.3 Å². The molecule has 2 N–H and O–H groups in total. The van der Waals surface area contributed by atoms with Crippen LogP contribution >= 0.6 is 0 Å². The molecule has 6 nitrogen and oxygen atoms in total. The number of hydrogen-bond acceptors (Lipinski definition) is 3. The number of aliphatic carboxylic acids is 1. The van der Waals surface area contributed by atoms with Crippen LogP contribution in [0.25, 0.3) is 0 Å². The molecule has 0 aromatic heterocycles. The van der Waals surface area contributed by atoms with Gasteiger partial charge in [0, 0.05) is 18.7 Å². The van der Waals surface area contributed by atoms with Gasteiger partial charge in [0.05, 0.1) is 12.0 Å². The monoisotopic (exact) mass is 249 g/mol. The molecule has 0 saturated carbocycles. The second-order valence-corrected chi connectivity index (χ2v) is 4.05. The molecule has 0 saturated heterocycles. The Morgan fingerprint density at radius 3 is 2.61 bits per heavy atom. The molecule has 2 rings (SSSR count). The van der Waals surface area contributed by atoms with Crippen LogP contribution in [0.2, 0.25) is 0 Å². The van der Waals surface area contributed by atoms with Gasteiger partial charge in [0.15, 0.2) is 0 Å². The molecule has 0 fully saturated rings. The van der Waals surface area contributed by atoms with Crippen LogP contribution in [0.3, 0.4) is 0 Å². The van der Waals surface area contributed by atoms with Gasteiger partial charge in [-0.3, -0.25) is 9.59 Å². The Balaban J connectivity index is 2.20. The molecule has 0 bridgehead atoms. The van der Waals surface area contributed by atoms with Gasteiger partial charge >= 0.3 is 11.9 Å². The fourth-order valence-electron chi connectivity index (χ4n) is 1.91. The van der Waals surface area contributed by atoms with Gasteiger partial charge in [-0.15, -0.1) is 0 Å². The first-order valence-corrected chi connectivity index (χ1v) is 5.36. The summed E-state index contributed by atoms with van der Waals surface area (Å²) in [6.07, 6.45) is -0.120. The van der Waals surface area contributed by atoms with E-state index < -0.39 is 11.9 Å². The third-order valence-electron chi connectivity index (χ3n) is 2.83. The summed E-state index contributed by atoms with van der Waals surface area (Å²) in [6.45, 7) is 0.465. The molecule has 1 aromatic rings. The van der Waals surface area contributed by atoms with E-state index in [1.54, 1.807) is 6.07 Å². The van der Waals surface area contributed by atoms with Crippen molar-refractivity contribution in [1.82, 2.24) is 4.90 Å². The summed E-state index contributed by atoms with van der Waals surface area (Å²) in [6, 6.07) is 4.37. The number of carbonyl (C=O) groups excluding carboxylic acids is 1. The van der Waals surface area contributed by atoms with Crippen molar-refractivity contribution in [2.45, 2.75) is 13.0 Å². The number of carboxylic acids is 2.